The molecule has 39 heavy (non-hydrogen) atoms. The maximum atomic E-state index is 14.2. The lowest BCUT2D eigenvalue weighted by Crippen LogP contribution is -2.40. The first kappa shape index (κ1) is 28.7. The van der Waals surface area contributed by atoms with Crippen LogP contribution >= 0.6 is 7.60 Å². The van der Waals surface area contributed by atoms with Crippen molar-refractivity contribution in [3.63, 3.8) is 0 Å². The summed E-state index contributed by atoms with van der Waals surface area (Å²) in [4.78, 5) is 15.4. The molecule has 1 aliphatic heterocycles. The Hall–Kier alpha value is -3.29. The van der Waals surface area contributed by atoms with Gasteiger partial charge in [0.25, 0.3) is 0 Å². The molecule has 1 saturated heterocycles. The zero-order valence-corrected chi connectivity index (χ0v) is 22.5. The fourth-order valence-corrected chi connectivity index (χ4v) is 6.70. The van der Waals surface area contributed by atoms with Crippen molar-refractivity contribution in [1.29, 1.82) is 0 Å². The molecule has 1 aliphatic rings. The van der Waals surface area contributed by atoms with Crippen molar-refractivity contribution in [3.05, 3.63) is 118 Å². The Morgan fingerprint density at radius 3 is 1.51 bits per heavy atom. The van der Waals surface area contributed by atoms with Gasteiger partial charge in [-0.3, -0.25) is 14.3 Å². The van der Waals surface area contributed by atoms with E-state index in [1.807, 2.05) is 0 Å². The number of rotatable bonds is 9. The van der Waals surface area contributed by atoms with E-state index in [0.717, 1.165) is 0 Å². The third-order valence-electron chi connectivity index (χ3n) is 6.18. The smallest absolute Gasteiger partial charge is 0.308 e. The molecule has 1 atom stereocenters. The van der Waals surface area contributed by atoms with E-state index in [2.05, 4.69) is 0 Å². The molecule has 204 valence electrons. The number of carbonyl (C=O) groups is 1. The minimum absolute atomic E-state index is 0.0726. The number of likely N-dealkylation sites (tertiary alicyclic amines) is 1. The second kappa shape index (κ2) is 12.7. The number of hydrogen-bond acceptors (Lipinski definition) is 5. The van der Waals surface area contributed by atoms with Gasteiger partial charge in [-0.25, -0.2) is 13.2 Å². The number of nitrogens with zero attached hydrogens (tertiary/aromatic N) is 1. The highest BCUT2D eigenvalue weighted by molar-refractivity contribution is 7.54. The molecule has 5 nitrogen and oxygen atoms in total. The third-order valence-corrected chi connectivity index (χ3v) is 8.64. The van der Waals surface area contributed by atoms with E-state index in [1.54, 1.807) is 55.2 Å². The van der Waals surface area contributed by atoms with Crippen LogP contribution in [0, 0.1) is 17.5 Å². The van der Waals surface area contributed by atoms with Gasteiger partial charge >= 0.3 is 7.60 Å². The number of Topliss-reactive ketones (excluding diaryl/α,β-unsaturated/α-hetero) is 1. The number of benzene rings is 3. The molecule has 4 rings (SSSR count). The third kappa shape index (κ3) is 7.02. The van der Waals surface area contributed by atoms with Crippen LogP contribution in [0.15, 0.2) is 83.9 Å². The summed E-state index contributed by atoms with van der Waals surface area (Å²) < 4.78 is 66.5. The molecule has 1 heterocycles. The number of ketones is 1. The van der Waals surface area contributed by atoms with Gasteiger partial charge in [0.1, 0.15) is 23.2 Å². The van der Waals surface area contributed by atoms with E-state index in [-0.39, 0.29) is 32.1 Å². The molecular weight excluding hydrogens is 526 g/mol. The van der Waals surface area contributed by atoms with Crippen molar-refractivity contribution < 1.29 is 31.6 Å². The van der Waals surface area contributed by atoms with Crippen LogP contribution in [-0.2, 0) is 18.4 Å². The lowest BCUT2D eigenvalue weighted by molar-refractivity contribution is -0.113. The molecule has 3 aromatic carbocycles. The Kier molecular flexibility index (Phi) is 9.36. The van der Waals surface area contributed by atoms with E-state index in [0.29, 0.717) is 27.8 Å². The Labute approximate surface area is 226 Å². The van der Waals surface area contributed by atoms with Crippen molar-refractivity contribution in [2.75, 3.05) is 26.3 Å². The van der Waals surface area contributed by atoms with E-state index in [1.165, 1.54) is 48.5 Å². The molecule has 0 aliphatic carbocycles. The predicted octanol–water partition coefficient (Wildman–Crippen LogP) is 7.42. The van der Waals surface area contributed by atoms with Crippen molar-refractivity contribution in [1.82, 2.24) is 4.90 Å². The SMILES string of the molecule is CCOP(=O)(OCC)C(c1ccc(F)cc1)N1C/C(=C\c2ccc(F)cc2)C(=O)/C(=C/c2ccc(F)cc2)C1. The van der Waals surface area contributed by atoms with Crippen molar-refractivity contribution >= 4 is 25.5 Å². The van der Waals surface area contributed by atoms with Crippen LogP contribution in [0.25, 0.3) is 12.2 Å². The molecule has 0 aromatic heterocycles. The van der Waals surface area contributed by atoms with Gasteiger partial charge in [0.2, 0.25) is 0 Å². The average molecular weight is 556 g/mol. The van der Waals surface area contributed by atoms with Gasteiger partial charge in [-0.2, -0.15) is 0 Å². The van der Waals surface area contributed by atoms with Crippen molar-refractivity contribution in [3.8, 4) is 0 Å². The molecule has 0 radical (unpaired) electrons. The van der Waals surface area contributed by atoms with Gasteiger partial charge in [0.05, 0.1) is 13.2 Å². The van der Waals surface area contributed by atoms with Crippen LogP contribution in [0.5, 0.6) is 0 Å². The highest BCUT2D eigenvalue weighted by Gasteiger charge is 2.44. The van der Waals surface area contributed by atoms with Crippen molar-refractivity contribution in [2.24, 2.45) is 0 Å². The molecule has 0 bridgehead atoms. The maximum absolute atomic E-state index is 14.2. The van der Waals surface area contributed by atoms with Gasteiger partial charge in [-0.05, 0) is 79.1 Å². The van der Waals surface area contributed by atoms with E-state index in [9.17, 15) is 22.5 Å². The summed E-state index contributed by atoms with van der Waals surface area (Å²) in [5.74, 6) is -2.48. The molecule has 9 heteroatoms. The molecular formula is C30H29F3NO4P. The molecule has 1 unspecified atom stereocenters. The summed E-state index contributed by atoms with van der Waals surface area (Å²) in [5, 5.41) is 0. The number of carbonyl (C=O) groups excluding carboxylic acids is 1. The zero-order chi connectivity index (χ0) is 28.0. The van der Waals surface area contributed by atoms with Gasteiger partial charge in [0, 0.05) is 24.2 Å². The lowest BCUT2D eigenvalue weighted by Gasteiger charge is -2.39. The standard InChI is InChI=1S/C30H29F3NO4P/c1-3-37-39(36,38-4-2)30(23-9-15-28(33)16-10-23)34-19-24(17-21-5-11-26(31)12-6-21)29(35)25(20-34)18-22-7-13-27(32)14-8-22/h5-18,30H,3-4,19-20H2,1-2H3/b24-17+,25-18+. The van der Waals surface area contributed by atoms with Crippen LogP contribution in [0.4, 0.5) is 13.2 Å². The maximum Gasteiger partial charge on any atom is 0.352 e. The molecule has 1 fully saturated rings. The summed E-state index contributed by atoms with van der Waals surface area (Å²) >= 11 is 0. The first-order chi connectivity index (χ1) is 18.7. The second-order valence-corrected chi connectivity index (χ2v) is 11.1. The topological polar surface area (TPSA) is 55.8 Å². The number of piperidine rings is 1. The van der Waals surface area contributed by atoms with Gasteiger partial charge in [-0.1, -0.05) is 36.4 Å². The van der Waals surface area contributed by atoms with Crippen molar-refractivity contribution in [2.45, 2.75) is 19.6 Å². The van der Waals surface area contributed by atoms with Crippen LogP contribution < -0.4 is 0 Å². The Morgan fingerprint density at radius 1 is 0.744 bits per heavy atom. The largest absolute Gasteiger partial charge is 0.352 e. The average Bonchev–Trinajstić information content (AvgIpc) is 2.91. The predicted molar refractivity (Wildman–Crippen MR) is 145 cm³/mol. The van der Waals surface area contributed by atoms with Gasteiger partial charge in [-0.15, -0.1) is 0 Å². The summed E-state index contributed by atoms with van der Waals surface area (Å²) in [5.41, 5.74) is 2.46. The van der Waals surface area contributed by atoms with Crippen LogP contribution in [0.3, 0.4) is 0 Å². The molecule has 0 N–H and O–H groups in total. The van der Waals surface area contributed by atoms with E-state index in [4.69, 9.17) is 9.05 Å². The zero-order valence-electron chi connectivity index (χ0n) is 21.6. The second-order valence-electron chi connectivity index (χ2n) is 8.98. The number of hydrogen-bond donors (Lipinski definition) is 0. The summed E-state index contributed by atoms with van der Waals surface area (Å²) in [6.45, 7) is 3.77. The van der Waals surface area contributed by atoms with Gasteiger partial charge < -0.3 is 9.05 Å². The van der Waals surface area contributed by atoms with Crippen LogP contribution in [0.2, 0.25) is 0 Å². The Bertz CT molecular complexity index is 1330. The highest BCUT2D eigenvalue weighted by Crippen LogP contribution is 2.62. The Balaban J connectivity index is 1.85. The Morgan fingerprint density at radius 2 is 1.13 bits per heavy atom. The first-order valence-electron chi connectivity index (χ1n) is 12.6. The summed E-state index contributed by atoms with van der Waals surface area (Å²) in [6.07, 6.45) is 3.31. The van der Waals surface area contributed by atoms with Gasteiger partial charge in [0.15, 0.2) is 5.78 Å². The highest BCUT2D eigenvalue weighted by atomic mass is 31.2. The fourth-order valence-electron chi connectivity index (χ4n) is 4.53. The minimum atomic E-state index is -3.85. The summed E-state index contributed by atoms with van der Waals surface area (Å²) in [7, 11) is -3.85. The molecule has 0 saturated carbocycles. The monoisotopic (exact) mass is 555 g/mol. The number of halogens is 3. The molecule has 0 spiro atoms. The lowest BCUT2D eigenvalue weighted by atomic mass is 9.93. The van der Waals surface area contributed by atoms with Crippen LogP contribution in [-0.4, -0.2) is 37.0 Å². The van der Waals surface area contributed by atoms with E-state index < -0.39 is 30.8 Å². The fraction of sp³-hybridized carbons (Fsp3) is 0.233. The summed E-state index contributed by atoms with van der Waals surface area (Å²) in [6, 6.07) is 17.0. The quantitative estimate of drug-likeness (QED) is 0.203. The van der Waals surface area contributed by atoms with Crippen LogP contribution in [0.1, 0.15) is 36.3 Å². The molecule has 3 aromatic rings. The normalized spacial score (nSPS) is 17.6. The van der Waals surface area contributed by atoms with E-state index >= 15 is 0 Å². The first-order valence-corrected chi connectivity index (χ1v) is 14.2. The minimum Gasteiger partial charge on any atom is -0.308 e. The molecule has 0 amide bonds.